The molecule has 0 unspecified atom stereocenters. The van der Waals surface area contributed by atoms with Crippen LogP contribution in [0.2, 0.25) is 0 Å². The van der Waals surface area contributed by atoms with Crippen molar-refractivity contribution in [2.75, 3.05) is 6.54 Å². The van der Waals surface area contributed by atoms with Crippen LogP contribution in [0, 0.1) is 10.8 Å². The van der Waals surface area contributed by atoms with Gasteiger partial charge < -0.3 is 5.32 Å². The lowest BCUT2D eigenvalue weighted by Gasteiger charge is -1.98. The lowest BCUT2D eigenvalue weighted by molar-refractivity contribution is -0.115. The third-order valence-corrected chi connectivity index (χ3v) is 1.20. The molecular weight excluding hydrogens is 206 g/mol. The Labute approximate surface area is 75.2 Å². The Hall–Kier alpha value is -0.750. The van der Waals surface area contributed by atoms with Gasteiger partial charge in [0.05, 0.1) is 0 Å². The van der Waals surface area contributed by atoms with Crippen molar-refractivity contribution in [2.45, 2.75) is 13.3 Å². The van der Waals surface area contributed by atoms with Gasteiger partial charge in [0.2, 0.25) is 0 Å². The molecule has 0 radical (unpaired) electrons. The van der Waals surface area contributed by atoms with Crippen LogP contribution in [0.25, 0.3) is 0 Å². The van der Waals surface area contributed by atoms with Gasteiger partial charge in [-0.05, 0) is 18.2 Å². The van der Waals surface area contributed by atoms with Crippen molar-refractivity contribution in [2.24, 2.45) is 0 Å². The van der Waals surface area contributed by atoms with Crippen LogP contribution in [0.4, 0.5) is 0 Å². The summed E-state index contributed by atoms with van der Waals surface area (Å²) in [6.45, 7) is 6.23. The number of hydrogen-bond acceptors (Lipinski definition) is 1. The summed E-state index contributed by atoms with van der Waals surface area (Å²) in [6, 6.07) is 0. The van der Waals surface area contributed by atoms with E-state index in [0.717, 1.165) is 12.0 Å². The van der Waals surface area contributed by atoms with E-state index in [1.54, 1.807) is 0 Å². The third kappa shape index (κ3) is 7.14. The summed E-state index contributed by atoms with van der Waals surface area (Å²) >= 11 is 2.83. The topological polar surface area (TPSA) is 29.1 Å². The molecule has 0 fully saturated rings. The molecule has 0 atom stereocenters. The number of carbonyl (C=O) groups is 1. The molecule has 0 aliphatic heterocycles. The zero-order chi connectivity index (χ0) is 8.69. The van der Waals surface area contributed by atoms with E-state index in [9.17, 15) is 4.79 Å². The molecule has 1 N–H and O–H groups in total. The Morgan fingerprint density at radius 3 is 2.82 bits per heavy atom. The van der Waals surface area contributed by atoms with Crippen molar-refractivity contribution in [3.05, 3.63) is 12.2 Å². The SMILES string of the molecule is C=C(C)CCNC(=O)C#CBr. The minimum atomic E-state index is -0.261. The van der Waals surface area contributed by atoms with E-state index in [0.29, 0.717) is 6.54 Å². The number of nitrogens with one attached hydrogen (secondary N) is 1. The van der Waals surface area contributed by atoms with Crippen molar-refractivity contribution in [1.29, 1.82) is 0 Å². The first-order valence-corrected chi connectivity index (χ1v) is 4.00. The molecule has 0 aliphatic carbocycles. The number of hydrogen-bond donors (Lipinski definition) is 1. The fourth-order valence-electron chi connectivity index (χ4n) is 0.477. The van der Waals surface area contributed by atoms with Crippen LogP contribution in [0.1, 0.15) is 13.3 Å². The largest absolute Gasteiger partial charge is 0.345 e. The van der Waals surface area contributed by atoms with Gasteiger partial charge in [-0.1, -0.05) is 5.57 Å². The van der Waals surface area contributed by atoms with Gasteiger partial charge >= 0.3 is 0 Å². The molecule has 0 bridgehead atoms. The molecule has 0 heterocycles. The number of halogens is 1. The van der Waals surface area contributed by atoms with Crippen molar-refractivity contribution in [3.63, 3.8) is 0 Å². The first kappa shape index (κ1) is 10.2. The molecule has 0 spiro atoms. The van der Waals surface area contributed by atoms with Gasteiger partial charge in [0.25, 0.3) is 5.91 Å². The van der Waals surface area contributed by atoms with E-state index < -0.39 is 0 Å². The molecule has 0 aromatic rings. The third-order valence-electron chi connectivity index (χ3n) is 0.998. The van der Waals surface area contributed by atoms with Gasteiger partial charge in [-0.2, -0.15) is 0 Å². The molecular formula is C8H10BrNO. The van der Waals surface area contributed by atoms with Crippen LogP contribution >= 0.6 is 15.9 Å². The molecule has 0 rings (SSSR count). The average Bonchev–Trinajstić information content (AvgIpc) is 1.87. The molecule has 1 amide bonds. The molecule has 0 aliphatic rings. The fraction of sp³-hybridized carbons (Fsp3) is 0.375. The molecule has 3 heteroatoms. The van der Waals surface area contributed by atoms with Crippen LogP contribution in [-0.2, 0) is 4.79 Å². The molecule has 0 saturated carbocycles. The zero-order valence-corrected chi connectivity index (χ0v) is 7.99. The van der Waals surface area contributed by atoms with Crippen LogP contribution in [0.15, 0.2) is 12.2 Å². The van der Waals surface area contributed by atoms with Crippen LogP contribution < -0.4 is 5.32 Å². The molecule has 0 aromatic heterocycles. The first-order chi connectivity index (χ1) is 5.16. The number of amides is 1. The van der Waals surface area contributed by atoms with E-state index in [4.69, 9.17) is 0 Å². The molecule has 11 heavy (non-hydrogen) atoms. The zero-order valence-electron chi connectivity index (χ0n) is 6.41. The molecule has 0 saturated heterocycles. The summed E-state index contributed by atoms with van der Waals surface area (Å²) < 4.78 is 0. The highest BCUT2D eigenvalue weighted by Crippen LogP contribution is 1.91. The number of carbonyl (C=O) groups excluding carboxylic acids is 1. The van der Waals surface area contributed by atoms with E-state index >= 15 is 0 Å². The smallest absolute Gasteiger partial charge is 0.296 e. The molecule has 2 nitrogen and oxygen atoms in total. The lowest BCUT2D eigenvalue weighted by Crippen LogP contribution is -2.22. The standard InChI is InChI=1S/C8H10BrNO/c1-7(2)4-6-10-8(11)3-5-9/h1,4,6H2,2H3,(H,10,11). The summed E-state index contributed by atoms with van der Waals surface area (Å²) in [7, 11) is 0. The maximum absolute atomic E-state index is 10.7. The summed E-state index contributed by atoms with van der Waals surface area (Å²) in [6.07, 6.45) is 0.801. The Morgan fingerprint density at radius 1 is 1.73 bits per heavy atom. The summed E-state index contributed by atoms with van der Waals surface area (Å²) in [5, 5.41) is 2.61. The summed E-state index contributed by atoms with van der Waals surface area (Å²) in [5.41, 5.74) is 1.05. The number of rotatable bonds is 3. The Bertz CT molecular complexity index is 212. The van der Waals surface area contributed by atoms with Gasteiger partial charge in [0, 0.05) is 28.4 Å². The highest BCUT2D eigenvalue weighted by molar-refractivity contribution is 9.12. The first-order valence-electron chi connectivity index (χ1n) is 3.20. The van der Waals surface area contributed by atoms with Crippen LogP contribution in [-0.4, -0.2) is 12.5 Å². The fourth-order valence-corrected chi connectivity index (χ4v) is 0.657. The van der Waals surface area contributed by atoms with Gasteiger partial charge in [-0.15, -0.1) is 6.58 Å². The van der Waals surface area contributed by atoms with Crippen LogP contribution in [0.5, 0.6) is 0 Å². The lowest BCUT2D eigenvalue weighted by atomic mass is 10.2. The monoisotopic (exact) mass is 215 g/mol. The maximum Gasteiger partial charge on any atom is 0.296 e. The quantitative estimate of drug-likeness (QED) is 0.561. The second-order valence-corrected chi connectivity index (χ2v) is 2.58. The minimum Gasteiger partial charge on any atom is -0.345 e. The normalized spacial score (nSPS) is 7.82. The second-order valence-electron chi connectivity index (χ2n) is 2.18. The summed E-state index contributed by atoms with van der Waals surface area (Å²) in [5.74, 6) is 2.05. The van der Waals surface area contributed by atoms with Crippen molar-refractivity contribution in [3.8, 4) is 10.8 Å². The second kappa shape index (κ2) is 5.99. The van der Waals surface area contributed by atoms with E-state index in [-0.39, 0.29) is 5.91 Å². The predicted octanol–water partition coefficient (Wildman–Crippen LogP) is 1.42. The summed E-state index contributed by atoms with van der Waals surface area (Å²) in [4.78, 5) is 13.0. The predicted molar refractivity (Wildman–Crippen MR) is 49.1 cm³/mol. The van der Waals surface area contributed by atoms with Gasteiger partial charge in [0.15, 0.2) is 0 Å². The highest BCUT2D eigenvalue weighted by atomic mass is 79.9. The minimum absolute atomic E-state index is 0.261. The van der Waals surface area contributed by atoms with Crippen LogP contribution in [0.3, 0.4) is 0 Å². The van der Waals surface area contributed by atoms with E-state index in [1.165, 1.54) is 0 Å². The van der Waals surface area contributed by atoms with E-state index in [1.807, 2.05) is 6.92 Å². The van der Waals surface area contributed by atoms with Gasteiger partial charge in [0.1, 0.15) is 0 Å². The Balaban J connectivity index is 3.44. The van der Waals surface area contributed by atoms with Crippen molar-refractivity contribution >= 4 is 21.8 Å². The van der Waals surface area contributed by atoms with E-state index in [2.05, 4.69) is 38.6 Å². The average molecular weight is 216 g/mol. The van der Waals surface area contributed by atoms with Gasteiger partial charge in [-0.3, -0.25) is 4.79 Å². The van der Waals surface area contributed by atoms with Crippen molar-refractivity contribution in [1.82, 2.24) is 5.32 Å². The maximum atomic E-state index is 10.7. The Morgan fingerprint density at radius 2 is 2.36 bits per heavy atom. The van der Waals surface area contributed by atoms with Gasteiger partial charge in [-0.25, -0.2) is 0 Å². The molecule has 60 valence electrons. The Kier molecular flexibility index (Phi) is 5.58. The van der Waals surface area contributed by atoms with Crippen molar-refractivity contribution < 1.29 is 4.79 Å². The highest BCUT2D eigenvalue weighted by Gasteiger charge is 1.92. The molecule has 0 aromatic carbocycles.